The highest BCUT2D eigenvalue weighted by Crippen LogP contribution is 2.28. The molecule has 0 atom stereocenters. The highest BCUT2D eigenvalue weighted by atomic mass is 32.1. The molecule has 6 heteroatoms. The molecule has 0 fully saturated rings. The van der Waals surface area contributed by atoms with Crippen molar-refractivity contribution in [3.63, 3.8) is 0 Å². The van der Waals surface area contributed by atoms with Crippen LogP contribution in [0.1, 0.15) is 23.0 Å². The molecule has 0 unspecified atom stereocenters. The van der Waals surface area contributed by atoms with Crippen LogP contribution in [0.25, 0.3) is 0 Å². The van der Waals surface area contributed by atoms with Crippen LogP contribution in [0.3, 0.4) is 0 Å². The van der Waals surface area contributed by atoms with E-state index in [0.29, 0.717) is 10.6 Å². The maximum absolute atomic E-state index is 11.0. The van der Waals surface area contributed by atoms with Crippen molar-refractivity contribution in [2.45, 2.75) is 13.3 Å². The molecular formula is C10H17N3O2S. The molecule has 1 rings (SSSR count). The second-order valence-electron chi connectivity index (χ2n) is 3.24. The number of rotatable bonds is 7. The highest BCUT2D eigenvalue weighted by Gasteiger charge is 2.10. The van der Waals surface area contributed by atoms with Gasteiger partial charge in [-0.05, 0) is 19.4 Å². The Hall–Kier alpha value is -1.27. The molecule has 0 aliphatic heterocycles. The van der Waals surface area contributed by atoms with Gasteiger partial charge in [0.05, 0.1) is 10.7 Å². The topological polar surface area (TPSA) is 90.4 Å². The van der Waals surface area contributed by atoms with Gasteiger partial charge >= 0.3 is 0 Å². The van der Waals surface area contributed by atoms with Crippen LogP contribution in [0.4, 0.5) is 10.7 Å². The van der Waals surface area contributed by atoms with Gasteiger partial charge in [-0.2, -0.15) is 0 Å². The van der Waals surface area contributed by atoms with Crippen LogP contribution < -0.4 is 16.8 Å². The van der Waals surface area contributed by atoms with Crippen molar-refractivity contribution in [3.05, 3.63) is 10.9 Å². The summed E-state index contributed by atoms with van der Waals surface area (Å²) in [7, 11) is 0. The Bertz CT molecular complexity index is 352. The lowest BCUT2D eigenvalue weighted by molar-refractivity contribution is 0.100. The first-order chi connectivity index (χ1) is 7.65. The molecule has 90 valence electrons. The van der Waals surface area contributed by atoms with Crippen molar-refractivity contribution >= 4 is 27.9 Å². The minimum absolute atomic E-state index is 0.410. The number of amides is 1. The molecule has 0 aromatic carbocycles. The van der Waals surface area contributed by atoms with Crippen molar-refractivity contribution in [2.75, 3.05) is 30.8 Å². The lowest BCUT2D eigenvalue weighted by atomic mass is 10.4. The molecule has 5 N–H and O–H groups in total. The summed E-state index contributed by atoms with van der Waals surface area (Å²) in [5, 5.41) is 4.03. The van der Waals surface area contributed by atoms with Gasteiger partial charge < -0.3 is 21.5 Å². The monoisotopic (exact) mass is 243 g/mol. The van der Waals surface area contributed by atoms with Crippen LogP contribution in [-0.2, 0) is 4.74 Å². The van der Waals surface area contributed by atoms with E-state index in [4.69, 9.17) is 16.2 Å². The van der Waals surface area contributed by atoms with E-state index in [-0.39, 0.29) is 0 Å². The number of nitrogen functional groups attached to an aromatic ring is 1. The van der Waals surface area contributed by atoms with Crippen molar-refractivity contribution in [1.82, 2.24) is 0 Å². The molecule has 0 spiro atoms. The average Bonchev–Trinajstić information content (AvgIpc) is 2.59. The summed E-state index contributed by atoms with van der Waals surface area (Å²) in [6.07, 6.45) is 0.914. The molecule has 1 aromatic heterocycles. The fraction of sp³-hybridized carbons (Fsp3) is 0.500. The summed E-state index contributed by atoms with van der Waals surface area (Å²) in [4.78, 5) is 11.4. The zero-order valence-corrected chi connectivity index (χ0v) is 10.1. The van der Waals surface area contributed by atoms with E-state index in [1.807, 2.05) is 6.92 Å². The maximum atomic E-state index is 11.0. The zero-order chi connectivity index (χ0) is 12.0. The fourth-order valence-corrected chi connectivity index (χ4v) is 2.07. The average molecular weight is 243 g/mol. The molecule has 0 aliphatic rings. The number of carbonyl (C=O) groups is 1. The van der Waals surface area contributed by atoms with Crippen molar-refractivity contribution in [2.24, 2.45) is 5.73 Å². The predicted octanol–water partition coefficient (Wildman–Crippen LogP) is 1.27. The van der Waals surface area contributed by atoms with Gasteiger partial charge in [-0.25, -0.2) is 0 Å². The van der Waals surface area contributed by atoms with E-state index in [9.17, 15) is 4.79 Å². The molecule has 0 radical (unpaired) electrons. The van der Waals surface area contributed by atoms with Crippen molar-refractivity contribution < 1.29 is 9.53 Å². The molecule has 16 heavy (non-hydrogen) atoms. The van der Waals surface area contributed by atoms with E-state index in [2.05, 4.69) is 5.32 Å². The highest BCUT2D eigenvalue weighted by molar-refractivity contribution is 7.18. The third-order valence-corrected chi connectivity index (χ3v) is 3.08. The van der Waals surface area contributed by atoms with Crippen LogP contribution in [-0.4, -0.2) is 25.7 Å². The van der Waals surface area contributed by atoms with Gasteiger partial charge in [0, 0.05) is 19.8 Å². The number of nitrogens with two attached hydrogens (primary N) is 2. The first kappa shape index (κ1) is 12.8. The fourth-order valence-electron chi connectivity index (χ4n) is 1.21. The first-order valence-corrected chi connectivity index (χ1v) is 5.97. The first-order valence-electron chi connectivity index (χ1n) is 5.16. The molecule has 0 saturated carbocycles. The Morgan fingerprint density at radius 1 is 1.62 bits per heavy atom. The van der Waals surface area contributed by atoms with Gasteiger partial charge in [0.15, 0.2) is 0 Å². The van der Waals surface area contributed by atoms with Crippen LogP contribution in [0.2, 0.25) is 0 Å². The number of carbonyl (C=O) groups excluding carboxylic acids is 1. The van der Waals surface area contributed by atoms with Crippen molar-refractivity contribution in [1.29, 1.82) is 0 Å². The summed E-state index contributed by atoms with van der Waals surface area (Å²) in [5.74, 6) is -0.482. The number of thiophene rings is 1. The largest absolute Gasteiger partial charge is 0.397 e. The Labute approximate surface area is 98.8 Å². The minimum atomic E-state index is -0.482. The number of nitrogens with one attached hydrogen (secondary N) is 1. The molecular weight excluding hydrogens is 226 g/mol. The Kier molecular flexibility index (Phi) is 5.07. The third kappa shape index (κ3) is 3.71. The van der Waals surface area contributed by atoms with E-state index >= 15 is 0 Å². The van der Waals surface area contributed by atoms with Gasteiger partial charge in [-0.3, -0.25) is 4.79 Å². The van der Waals surface area contributed by atoms with Gasteiger partial charge in [0.25, 0.3) is 5.91 Å². The van der Waals surface area contributed by atoms with Crippen LogP contribution in [0.15, 0.2) is 6.07 Å². The smallest absolute Gasteiger partial charge is 0.260 e. The normalized spacial score (nSPS) is 10.3. The van der Waals surface area contributed by atoms with E-state index < -0.39 is 5.91 Å². The van der Waals surface area contributed by atoms with E-state index in [1.54, 1.807) is 6.07 Å². The Morgan fingerprint density at radius 3 is 2.94 bits per heavy atom. The second kappa shape index (κ2) is 6.34. The predicted molar refractivity (Wildman–Crippen MR) is 66.8 cm³/mol. The SMILES string of the molecule is CCOCCCNc1cc(N)c(C(N)=O)s1. The lowest BCUT2D eigenvalue weighted by Crippen LogP contribution is -2.10. The summed E-state index contributed by atoms with van der Waals surface area (Å²) >= 11 is 1.28. The zero-order valence-electron chi connectivity index (χ0n) is 9.29. The number of hydrogen-bond donors (Lipinski definition) is 3. The van der Waals surface area contributed by atoms with Crippen molar-refractivity contribution in [3.8, 4) is 0 Å². The summed E-state index contributed by atoms with van der Waals surface area (Å²) in [6.45, 7) is 4.22. The number of hydrogen-bond acceptors (Lipinski definition) is 5. The van der Waals surface area contributed by atoms with Gasteiger partial charge in [-0.1, -0.05) is 0 Å². The third-order valence-electron chi connectivity index (χ3n) is 1.95. The molecule has 0 aliphatic carbocycles. The number of anilines is 2. The maximum Gasteiger partial charge on any atom is 0.260 e. The van der Waals surface area contributed by atoms with Gasteiger partial charge in [-0.15, -0.1) is 11.3 Å². The molecule has 0 saturated heterocycles. The van der Waals surface area contributed by atoms with E-state index in [0.717, 1.165) is 31.2 Å². The standard InChI is InChI=1S/C10H17N3O2S/c1-2-15-5-3-4-13-8-6-7(11)9(16-8)10(12)14/h6,13H,2-5,11H2,1H3,(H2,12,14). The molecule has 1 heterocycles. The molecule has 0 bridgehead atoms. The summed E-state index contributed by atoms with van der Waals surface area (Å²) < 4.78 is 5.20. The Balaban J connectivity index is 2.37. The molecule has 5 nitrogen and oxygen atoms in total. The second-order valence-corrected chi connectivity index (χ2v) is 4.29. The minimum Gasteiger partial charge on any atom is -0.397 e. The van der Waals surface area contributed by atoms with Crippen LogP contribution in [0, 0.1) is 0 Å². The lowest BCUT2D eigenvalue weighted by Gasteiger charge is -2.02. The van der Waals surface area contributed by atoms with Gasteiger partial charge in [0.2, 0.25) is 0 Å². The summed E-state index contributed by atoms with van der Waals surface area (Å²) in [6, 6.07) is 1.73. The Morgan fingerprint density at radius 2 is 2.38 bits per heavy atom. The van der Waals surface area contributed by atoms with E-state index in [1.165, 1.54) is 11.3 Å². The number of primary amides is 1. The van der Waals surface area contributed by atoms with Crippen LogP contribution >= 0.6 is 11.3 Å². The number of ether oxygens (including phenoxy) is 1. The molecule has 1 aromatic rings. The quantitative estimate of drug-likeness (QED) is 0.629. The molecule has 1 amide bonds. The van der Waals surface area contributed by atoms with Gasteiger partial charge in [0.1, 0.15) is 4.88 Å². The van der Waals surface area contributed by atoms with Crippen LogP contribution in [0.5, 0.6) is 0 Å². The summed E-state index contributed by atoms with van der Waals surface area (Å²) in [5.41, 5.74) is 11.2.